The quantitative estimate of drug-likeness (QED) is 0.635. The second kappa shape index (κ2) is 4.70. The molecule has 0 aliphatic rings. The molecule has 0 radical (unpaired) electrons. The average Bonchev–Trinajstić information content (AvgIpc) is 2.34. The van der Waals surface area contributed by atoms with Crippen molar-refractivity contribution in [1.29, 1.82) is 0 Å². The molecule has 0 fully saturated rings. The van der Waals surface area contributed by atoms with Gasteiger partial charge in [-0.3, -0.25) is 0 Å². The van der Waals surface area contributed by atoms with Crippen LogP contribution in [0.3, 0.4) is 0 Å². The van der Waals surface area contributed by atoms with E-state index in [4.69, 9.17) is 4.74 Å². The van der Waals surface area contributed by atoms with Gasteiger partial charge >= 0.3 is 5.97 Å². The van der Waals surface area contributed by atoms with Crippen LogP contribution in [0.5, 0.6) is 11.5 Å². The van der Waals surface area contributed by atoms with Gasteiger partial charge in [-0.2, -0.15) is 0 Å². The number of aryl methyl sites for hydroxylation is 1. The normalized spacial score (nSPS) is 9.94. The molecule has 0 spiro atoms. The number of rotatable bonds is 2. The van der Waals surface area contributed by atoms with Gasteiger partial charge < -0.3 is 9.84 Å². The first-order valence-electron chi connectivity index (χ1n) is 5.23. The molecule has 0 saturated carbocycles. The van der Waals surface area contributed by atoms with Crippen molar-refractivity contribution in [3.63, 3.8) is 0 Å². The highest BCUT2D eigenvalue weighted by atomic mass is 16.5. The van der Waals surface area contributed by atoms with Crippen LogP contribution in [0.2, 0.25) is 0 Å². The molecular formula is C14H12O3. The lowest BCUT2D eigenvalue weighted by molar-refractivity contribution is 0.0729. The summed E-state index contributed by atoms with van der Waals surface area (Å²) in [6.07, 6.45) is 0. The molecule has 0 aromatic heterocycles. The van der Waals surface area contributed by atoms with E-state index >= 15 is 0 Å². The van der Waals surface area contributed by atoms with Gasteiger partial charge in [-0.05, 0) is 36.8 Å². The summed E-state index contributed by atoms with van der Waals surface area (Å²) in [6.45, 7) is 1.85. The second-order valence-corrected chi connectivity index (χ2v) is 3.73. The van der Waals surface area contributed by atoms with Crippen molar-refractivity contribution in [1.82, 2.24) is 0 Å². The summed E-state index contributed by atoms with van der Waals surface area (Å²) in [4.78, 5) is 11.7. The Bertz CT molecular complexity index is 532. The van der Waals surface area contributed by atoms with Crippen LogP contribution in [-0.2, 0) is 0 Å². The summed E-state index contributed by atoms with van der Waals surface area (Å²) in [5.41, 5.74) is 1.36. The fraction of sp³-hybridized carbons (Fsp3) is 0.0714. The van der Waals surface area contributed by atoms with Crippen LogP contribution in [-0.4, -0.2) is 11.1 Å². The van der Waals surface area contributed by atoms with Gasteiger partial charge in [0.15, 0.2) is 11.5 Å². The standard InChI is InChI=1S/C14H12O3/c1-10-7-8-13(12(15)9-10)17-14(16)11-5-3-2-4-6-11/h2-9,15H,1H3. The van der Waals surface area contributed by atoms with Crippen molar-refractivity contribution in [2.45, 2.75) is 6.92 Å². The lowest BCUT2D eigenvalue weighted by atomic mass is 10.2. The molecule has 17 heavy (non-hydrogen) atoms. The predicted molar refractivity (Wildman–Crippen MR) is 64.2 cm³/mol. The zero-order valence-corrected chi connectivity index (χ0v) is 9.38. The topological polar surface area (TPSA) is 46.5 Å². The third kappa shape index (κ3) is 2.64. The lowest BCUT2D eigenvalue weighted by Gasteiger charge is -2.06. The van der Waals surface area contributed by atoms with Gasteiger partial charge in [-0.15, -0.1) is 0 Å². The molecule has 0 saturated heterocycles. The number of phenolic OH excluding ortho intramolecular Hbond substituents is 1. The Labute approximate surface area is 99.3 Å². The summed E-state index contributed by atoms with van der Waals surface area (Å²) >= 11 is 0. The van der Waals surface area contributed by atoms with Crippen molar-refractivity contribution < 1.29 is 14.6 Å². The molecule has 2 rings (SSSR count). The summed E-state index contributed by atoms with van der Waals surface area (Å²) < 4.78 is 5.10. The Kier molecular flexibility index (Phi) is 3.10. The van der Waals surface area contributed by atoms with Crippen LogP contribution in [0.15, 0.2) is 48.5 Å². The van der Waals surface area contributed by atoms with E-state index < -0.39 is 5.97 Å². The molecule has 0 aliphatic carbocycles. The first-order valence-corrected chi connectivity index (χ1v) is 5.23. The SMILES string of the molecule is Cc1ccc(OC(=O)c2ccccc2)c(O)c1. The first kappa shape index (κ1) is 11.2. The van der Waals surface area contributed by atoms with E-state index in [2.05, 4.69) is 0 Å². The van der Waals surface area contributed by atoms with E-state index in [0.29, 0.717) is 5.56 Å². The van der Waals surface area contributed by atoms with E-state index in [-0.39, 0.29) is 11.5 Å². The molecule has 2 aromatic rings. The van der Waals surface area contributed by atoms with Crippen LogP contribution in [0.25, 0.3) is 0 Å². The summed E-state index contributed by atoms with van der Waals surface area (Å²) in [5, 5.41) is 9.61. The maximum absolute atomic E-state index is 11.7. The molecule has 0 heterocycles. The van der Waals surface area contributed by atoms with Gasteiger partial charge in [0.25, 0.3) is 0 Å². The Hall–Kier alpha value is -2.29. The number of carbonyl (C=O) groups is 1. The fourth-order valence-corrected chi connectivity index (χ4v) is 1.45. The van der Waals surface area contributed by atoms with E-state index in [1.54, 1.807) is 42.5 Å². The van der Waals surface area contributed by atoms with Gasteiger partial charge in [-0.1, -0.05) is 24.3 Å². The Morgan fingerprint density at radius 3 is 2.47 bits per heavy atom. The minimum absolute atomic E-state index is 0.0331. The Morgan fingerprint density at radius 2 is 1.82 bits per heavy atom. The molecule has 3 heteroatoms. The molecule has 3 nitrogen and oxygen atoms in total. The van der Waals surface area contributed by atoms with Crippen molar-refractivity contribution in [2.75, 3.05) is 0 Å². The van der Waals surface area contributed by atoms with Crippen LogP contribution in [0, 0.1) is 6.92 Å². The Balaban J connectivity index is 2.19. The van der Waals surface area contributed by atoms with Gasteiger partial charge in [0, 0.05) is 0 Å². The van der Waals surface area contributed by atoms with Crippen LogP contribution >= 0.6 is 0 Å². The number of hydrogen-bond donors (Lipinski definition) is 1. The Morgan fingerprint density at radius 1 is 1.12 bits per heavy atom. The summed E-state index contributed by atoms with van der Waals surface area (Å²) in [7, 11) is 0. The maximum atomic E-state index is 11.7. The number of hydrogen-bond acceptors (Lipinski definition) is 3. The summed E-state index contributed by atoms with van der Waals surface area (Å²) in [5.74, 6) is -0.344. The molecule has 0 unspecified atom stereocenters. The number of aromatic hydroxyl groups is 1. The minimum Gasteiger partial charge on any atom is -0.504 e. The van der Waals surface area contributed by atoms with Crippen LogP contribution in [0.4, 0.5) is 0 Å². The molecule has 0 aliphatic heterocycles. The molecule has 1 N–H and O–H groups in total. The molecule has 0 bridgehead atoms. The smallest absolute Gasteiger partial charge is 0.343 e. The van der Waals surface area contributed by atoms with Crippen LogP contribution < -0.4 is 4.74 Å². The van der Waals surface area contributed by atoms with Gasteiger partial charge in [0.1, 0.15) is 0 Å². The van der Waals surface area contributed by atoms with Gasteiger partial charge in [0.2, 0.25) is 0 Å². The zero-order chi connectivity index (χ0) is 12.3. The average molecular weight is 228 g/mol. The second-order valence-electron chi connectivity index (χ2n) is 3.73. The first-order chi connectivity index (χ1) is 8.16. The minimum atomic E-state index is -0.482. The van der Waals surface area contributed by atoms with Crippen molar-refractivity contribution in [3.8, 4) is 11.5 Å². The molecular weight excluding hydrogens is 216 g/mol. The molecule has 0 atom stereocenters. The highest BCUT2D eigenvalue weighted by molar-refractivity contribution is 5.91. The van der Waals surface area contributed by atoms with Crippen molar-refractivity contribution in [2.24, 2.45) is 0 Å². The zero-order valence-electron chi connectivity index (χ0n) is 9.38. The van der Waals surface area contributed by atoms with Gasteiger partial charge in [0.05, 0.1) is 5.56 Å². The number of phenols is 1. The highest BCUT2D eigenvalue weighted by Crippen LogP contribution is 2.27. The largest absolute Gasteiger partial charge is 0.504 e. The third-order valence-corrected chi connectivity index (χ3v) is 2.33. The molecule has 2 aromatic carbocycles. The maximum Gasteiger partial charge on any atom is 0.343 e. The number of carbonyl (C=O) groups excluding carboxylic acids is 1. The lowest BCUT2D eigenvalue weighted by Crippen LogP contribution is -2.08. The molecule has 0 amide bonds. The number of esters is 1. The van der Waals surface area contributed by atoms with Crippen LogP contribution in [0.1, 0.15) is 15.9 Å². The van der Waals surface area contributed by atoms with Crippen molar-refractivity contribution >= 4 is 5.97 Å². The van der Waals surface area contributed by atoms with Gasteiger partial charge in [-0.25, -0.2) is 4.79 Å². The molecule has 86 valence electrons. The monoisotopic (exact) mass is 228 g/mol. The highest BCUT2D eigenvalue weighted by Gasteiger charge is 2.10. The number of benzene rings is 2. The fourth-order valence-electron chi connectivity index (χ4n) is 1.45. The van der Waals surface area contributed by atoms with Crippen molar-refractivity contribution in [3.05, 3.63) is 59.7 Å². The van der Waals surface area contributed by atoms with E-state index in [1.807, 2.05) is 13.0 Å². The van der Waals surface area contributed by atoms with E-state index in [9.17, 15) is 9.90 Å². The number of ether oxygens (including phenoxy) is 1. The van der Waals surface area contributed by atoms with E-state index in [1.165, 1.54) is 0 Å². The summed E-state index contributed by atoms with van der Waals surface area (Å²) in [6, 6.07) is 13.5. The van der Waals surface area contributed by atoms with E-state index in [0.717, 1.165) is 5.56 Å². The predicted octanol–water partition coefficient (Wildman–Crippen LogP) is 2.92. The third-order valence-electron chi connectivity index (χ3n) is 2.33.